The van der Waals surface area contributed by atoms with Gasteiger partial charge in [-0.15, -0.1) is 28.7 Å². The highest BCUT2D eigenvalue weighted by Gasteiger charge is 2.14. The average molecular weight is 604 g/mol. The van der Waals surface area contributed by atoms with Crippen molar-refractivity contribution in [2.24, 2.45) is 0 Å². The van der Waals surface area contributed by atoms with Crippen LogP contribution in [0.4, 0.5) is 5.69 Å². The van der Waals surface area contributed by atoms with Crippen molar-refractivity contribution in [2.45, 2.75) is 97.4 Å². The molecule has 210 valence electrons. The third-order valence-electron chi connectivity index (χ3n) is 6.94. The van der Waals surface area contributed by atoms with Gasteiger partial charge < -0.3 is 15.0 Å². The Morgan fingerprint density at radius 2 is 1.55 bits per heavy atom. The lowest BCUT2D eigenvalue weighted by molar-refractivity contribution is 0.102. The van der Waals surface area contributed by atoms with E-state index in [0.29, 0.717) is 12.2 Å². The maximum absolute atomic E-state index is 13.0. The summed E-state index contributed by atoms with van der Waals surface area (Å²) in [5.41, 5.74) is 3.81. The van der Waals surface area contributed by atoms with Gasteiger partial charge in [0.2, 0.25) is 0 Å². The molecule has 2 aromatic rings. The lowest BCUT2D eigenvalue weighted by Crippen LogP contribution is -2.18. The number of ether oxygens (including phenoxy) is 1. The molecule has 0 unspecified atom stereocenters. The van der Waals surface area contributed by atoms with Crippen LogP contribution in [0, 0.1) is 0 Å². The number of carbonyl (C=O) groups is 1. The lowest BCUT2D eigenvalue weighted by atomic mass is 10.1. The lowest BCUT2D eigenvalue weighted by Gasteiger charge is -2.19. The van der Waals surface area contributed by atoms with E-state index in [-0.39, 0.29) is 22.9 Å². The molecular weight excluding hydrogens is 556 g/mol. The van der Waals surface area contributed by atoms with Gasteiger partial charge in [-0.1, -0.05) is 102 Å². The molecule has 1 N–H and O–H groups in total. The number of para-hydroxylation sites is 2. The maximum Gasteiger partial charge on any atom is 0.255 e. The second kappa shape index (κ2) is 19.2. The molecule has 0 saturated carbocycles. The molecular formula is C32H47BrN2O2S. The first-order chi connectivity index (χ1) is 18.2. The fraction of sp³-hybridized carbons (Fsp3) is 0.531. The molecule has 0 spiro atoms. The van der Waals surface area contributed by atoms with Gasteiger partial charge in [0.05, 0.1) is 18.2 Å². The minimum atomic E-state index is -0.105. The normalized spacial score (nSPS) is 12.7. The van der Waals surface area contributed by atoms with Crippen LogP contribution < -0.4 is 10.1 Å². The third-order valence-corrected chi connectivity index (χ3v) is 7.90. The van der Waals surface area contributed by atoms with Crippen molar-refractivity contribution in [2.75, 3.05) is 17.8 Å². The molecule has 1 aliphatic heterocycles. The van der Waals surface area contributed by atoms with Crippen molar-refractivity contribution in [1.29, 1.82) is 0 Å². The highest BCUT2D eigenvalue weighted by Crippen LogP contribution is 2.26. The van der Waals surface area contributed by atoms with Crippen LogP contribution in [0.1, 0.15) is 107 Å². The molecule has 2 aromatic carbocycles. The van der Waals surface area contributed by atoms with Crippen molar-refractivity contribution < 1.29 is 9.53 Å². The summed E-state index contributed by atoms with van der Waals surface area (Å²) in [5.74, 6) is 1.60. The van der Waals surface area contributed by atoms with Gasteiger partial charge in [0.15, 0.2) is 0 Å². The molecule has 38 heavy (non-hydrogen) atoms. The summed E-state index contributed by atoms with van der Waals surface area (Å²) in [4.78, 5) is 15.3. The number of allylic oxidation sites excluding steroid dienone is 1. The van der Waals surface area contributed by atoms with E-state index >= 15 is 0 Å². The van der Waals surface area contributed by atoms with Gasteiger partial charge in [-0.2, -0.15) is 0 Å². The molecule has 3 rings (SSSR count). The summed E-state index contributed by atoms with van der Waals surface area (Å²) >= 11 is 1.81. The van der Waals surface area contributed by atoms with Crippen LogP contribution in [-0.4, -0.2) is 23.3 Å². The van der Waals surface area contributed by atoms with Gasteiger partial charge in [-0.25, -0.2) is 0 Å². The molecule has 1 aliphatic rings. The van der Waals surface area contributed by atoms with E-state index in [1.807, 2.05) is 54.2 Å². The van der Waals surface area contributed by atoms with E-state index in [9.17, 15) is 4.79 Å². The number of nitrogens with zero attached hydrogens (tertiary/aromatic N) is 1. The van der Waals surface area contributed by atoms with Crippen molar-refractivity contribution in [3.63, 3.8) is 0 Å². The number of amides is 1. The smallest absolute Gasteiger partial charge is 0.255 e. The Morgan fingerprint density at radius 3 is 2.21 bits per heavy atom. The predicted molar refractivity (Wildman–Crippen MR) is 169 cm³/mol. The van der Waals surface area contributed by atoms with Gasteiger partial charge >= 0.3 is 0 Å². The fourth-order valence-electron chi connectivity index (χ4n) is 4.64. The Kier molecular flexibility index (Phi) is 16.3. The maximum atomic E-state index is 13.0. The highest BCUT2D eigenvalue weighted by atomic mass is 79.9. The second-order valence-electron chi connectivity index (χ2n) is 10.1. The molecule has 6 heteroatoms. The van der Waals surface area contributed by atoms with Crippen LogP contribution in [0.5, 0.6) is 5.75 Å². The zero-order valence-corrected chi connectivity index (χ0v) is 25.9. The van der Waals surface area contributed by atoms with E-state index in [2.05, 4.69) is 35.5 Å². The van der Waals surface area contributed by atoms with E-state index in [4.69, 9.17) is 4.74 Å². The standard InChI is InChI=1S/C32H46N2O2S.BrH/c1-3-4-5-6-7-8-9-10-11-12-13-16-22-36-31-21-15-14-20-30(31)33-32(35)29-19-17-18-28(23-29)24-34-26-37-25-27(34)2;/h14-15,17-21,23,25H,3-13,16,22,24,26H2,1-2H3,(H,33,35);1H. The number of rotatable bonds is 18. The number of unbranched alkanes of at least 4 members (excludes halogenated alkanes) is 11. The molecule has 0 aromatic heterocycles. The SMILES string of the molecule is Br.CCCCCCCCCCCCCCOc1ccccc1NC(=O)c1cccc(CN2CSC=C2C)c1. The summed E-state index contributed by atoms with van der Waals surface area (Å²) in [6.07, 6.45) is 15.9. The third kappa shape index (κ3) is 11.9. The van der Waals surface area contributed by atoms with Crippen LogP contribution in [0.25, 0.3) is 0 Å². The van der Waals surface area contributed by atoms with E-state index in [1.54, 1.807) is 0 Å². The molecule has 4 nitrogen and oxygen atoms in total. The number of anilines is 1. The summed E-state index contributed by atoms with van der Waals surface area (Å²) in [7, 11) is 0. The Hall–Kier alpha value is -1.92. The highest BCUT2D eigenvalue weighted by molar-refractivity contribution is 8.93. The number of halogens is 1. The average Bonchev–Trinajstić information content (AvgIpc) is 3.31. The van der Waals surface area contributed by atoms with Gasteiger partial charge in [0.1, 0.15) is 5.75 Å². The first-order valence-corrected chi connectivity index (χ1v) is 15.4. The minimum Gasteiger partial charge on any atom is -0.491 e. The van der Waals surface area contributed by atoms with Crippen molar-refractivity contribution in [3.8, 4) is 5.75 Å². The molecule has 0 aliphatic carbocycles. The molecule has 0 radical (unpaired) electrons. The van der Waals surface area contributed by atoms with E-state index < -0.39 is 0 Å². The van der Waals surface area contributed by atoms with Gasteiger partial charge in [0, 0.05) is 17.8 Å². The summed E-state index contributed by atoms with van der Waals surface area (Å²) < 4.78 is 6.06. The molecule has 0 fully saturated rings. The number of nitrogens with one attached hydrogen (secondary N) is 1. The van der Waals surface area contributed by atoms with E-state index in [0.717, 1.165) is 35.8 Å². The molecule has 1 amide bonds. The Balaban J connectivity index is 0.00000507. The molecule has 0 bridgehead atoms. The van der Waals surface area contributed by atoms with Crippen LogP contribution in [0.15, 0.2) is 59.6 Å². The van der Waals surface area contributed by atoms with Gasteiger partial charge in [0.25, 0.3) is 5.91 Å². The number of hydrogen-bond donors (Lipinski definition) is 1. The van der Waals surface area contributed by atoms with Gasteiger partial charge in [-0.3, -0.25) is 4.79 Å². The summed E-state index contributed by atoms with van der Waals surface area (Å²) in [6.45, 7) is 5.90. The van der Waals surface area contributed by atoms with Gasteiger partial charge in [-0.05, 0) is 48.6 Å². The second-order valence-corrected chi connectivity index (χ2v) is 11.0. The topological polar surface area (TPSA) is 41.6 Å². The Bertz CT molecular complexity index is 981. The van der Waals surface area contributed by atoms with Crippen LogP contribution in [0.3, 0.4) is 0 Å². The summed E-state index contributed by atoms with van der Waals surface area (Å²) in [6, 6.07) is 15.6. The number of carbonyl (C=O) groups excluding carboxylic acids is 1. The minimum absolute atomic E-state index is 0. The summed E-state index contributed by atoms with van der Waals surface area (Å²) in [5, 5.41) is 5.25. The van der Waals surface area contributed by atoms with Crippen LogP contribution in [0.2, 0.25) is 0 Å². The zero-order chi connectivity index (χ0) is 26.1. The monoisotopic (exact) mass is 602 g/mol. The first-order valence-electron chi connectivity index (χ1n) is 14.3. The van der Waals surface area contributed by atoms with E-state index in [1.165, 1.54) is 76.3 Å². The quantitative estimate of drug-likeness (QED) is 0.172. The van der Waals surface area contributed by atoms with Crippen molar-refractivity contribution >= 4 is 40.3 Å². The predicted octanol–water partition coefficient (Wildman–Crippen LogP) is 9.96. The zero-order valence-electron chi connectivity index (χ0n) is 23.4. The van der Waals surface area contributed by atoms with Crippen molar-refractivity contribution in [3.05, 3.63) is 70.8 Å². The fourth-order valence-corrected chi connectivity index (χ4v) is 5.58. The van der Waals surface area contributed by atoms with Crippen LogP contribution in [-0.2, 0) is 6.54 Å². The number of thioether (sulfide) groups is 1. The number of benzene rings is 2. The Labute approximate surface area is 245 Å². The number of hydrogen-bond acceptors (Lipinski definition) is 4. The largest absolute Gasteiger partial charge is 0.491 e. The molecule has 0 saturated heterocycles. The first kappa shape index (κ1) is 32.3. The Morgan fingerprint density at radius 1 is 0.895 bits per heavy atom. The molecule has 1 heterocycles. The van der Waals surface area contributed by atoms with Crippen LogP contribution >= 0.6 is 28.7 Å². The molecule has 0 atom stereocenters. The van der Waals surface area contributed by atoms with Crippen molar-refractivity contribution in [1.82, 2.24) is 4.90 Å².